The zero-order chi connectivity index (χ0) is 10.9. The highest BCUT2D eigenvalue weighted by Gasteiger charge is 2.59. The summed E-state index contributed by atoms with van der Waals surface area (Å²) in [4.78, 5) is 0. The molecule has 2 bridgehead atoms. The van der Waals surface area contributed by atoms with Crippen molar-refractivity contribution < 1.29 is 10.2 Å². The Kier molecular flexibility index (Phi) is 1.65. The number of hydrogen-bond acceptors (Lipinski definition) is 2. The molecule has 2 fully saturated rings. The largest absolute Gasteiger partial charge is 0.390 e. The number of aliphatic hydroxyl groups excluding tert-OH is 2. The van der Waals surface area contributed by atoms with Crippen molar-refractivity contribution in [1.29, 1.82) is 0 Å². The van der Waals surface area contributed by atoms with Crippen molar-refractivity contribution in [2.24, 2.45) is 17.8 Å². The minimum atomic E-state index is -0.489. The highest BCUT2D eigenvalue weighted by Crippen LogP contribution is 2.61. The van der Waals surface area contributed by atoms with Gasteiger partial charge in [0.25, 0.3) is 0 Å². The molecule has 6 atom stereocenters. The molecule has 3 aliphatic carbocycles. The van der Waals surface area contributed by atoms with Crippen molar-refractivity contribution in [2.75, 3.05) is 0 Å². The maximum absolute atomic E-state index is 10.0. The first kappa shape index (κ1) is 9.20. The molecular weight excluding hydrogens is 200 g/mol. The average Bonchev–Trinajstić information content (AvgIpc) is 2.90. The van der Waals surface area contributed by atoms with Crippen LogP contribution in [0.15, 0.2) is 24.3 Å². The number of fused-ring (bicyclic) bond motifs is 7. The topological polar surface area (TPSA) is 40.5 Å². The Morgan fingerprint density at radius 2 is 1.69 bits per heavy atom. The third kappa shape index (κ3) is 0.910. The molecule has 2 heteroatoms. The van der Waals surface area contributed by atoms with Gasteiger partial charge in [0.05, 0.1) is 12.2 Å². The second-order valence-corrected chi connectivity index (χ2v) is 5.64. The predicted molar refractivity (Wildman–Crippen MR) is 60.0 cm³/mol. The Morgan fingerprint density at radius 1 is 0.938 bits per heavy atom. The Morgan fingerprint density at radius 3 is 2.56 bits per heavy atom. The van der Waals surface area contributed by atoms with E-state index in [4.69, 9.17) is 0 Å². The molecule has 1 aromatic rings. The van der Waals surface area contributed by atoms with E-state index in [1.54, 1.807) is 0 Å². The lowest BCUT2D eigenvalue weighted by Gasteiger charge is -2.32. The minimum absolute atomic E-state index is 0.300. The Labute approximate surface area is 94.9 Å². The first-order valence-electron chi connectivity index (χ1n) is 6.21. The summed E-state index contributed by atoms with van der Waals surface area (Å²) in [6, 6.07) is 8.59. The van der Waals surface area contributed by atoms with Crippen LogP contribution < -0.4 is 0 Å². The van der Waals surface area contributed by atoms with Crippen LogP contribution in [-0.4, -0.2) is 22.4 Å². The Hall–Kier alpha value is -0.860. The molecule has 2 N–H and O–H groups in total. The molecular formula is C14H16O2. The normalized spacial score (nSPS) is 48.1. The molecule has 84 valence electrons. The van der Waals surface area contributed by atoms with Gasteiger partial charge in [-0.3, -0.25) is 0 Å². The summed E-state index contributed by atoms with van der Waals surface area (Å²) in [6.45, 7) is 0. The summed E-state index contributed by atoms with van der Waals surface area (Å²) in [5.74, 6) is 1.73. The van der Waals surface area contributed by atoms with Crippen LogP contribution in [0.25, 0.3) is 0 Å². The van der Waals surface area contributed by atoms with Gasteiger partial charge in [-0.05, 0) is 47.6 Å². The zero-order valence-corrected chi connectivity index (χ0v) is 9.08. The molecule has 0 spiro atoms. The Bertz CT molecular complexity index is 440. The van der Waals surface area contributed by atoms with Crippen LogP contribution in [0.5, 0.6) is 0 Å². The monoisotopic (exact) mass is 216 g/mol. The van der Waals surface area contributed by atoms with Gasteiger partial charge < -0.3 is 10.2 Å². The fourth-order valence-corrected chi connectivity index (χ4v) is 4.51. The van der Waals surface area contributed by atoms with E-state index in [1.807, 2.05) is 0 Å². The van der Waals surface area contributed by atoms with Gasteiger partial charge >= 0.3 is 0 Å². The molecule has 0 saturated heterocycles. The molecule has 0 unspecified atom stereocenters. The molecule has 0 heterocycles. The van der Waals surface area contributed by atoms with E-state index in [0.717, 1.165) is 12.8 Å². The number of aliphatic hydroxyl groups is 2. The molecule has 2 saturated carbocycles. The molecule has 3 aliphatic rings. The highest BCUT2D eigenvalue weighted by molar-refractivity contribution is 5.40. The van der Waals surface area contributed by atoms with E-state index in [-0.39, 0.29) is 0 Å². The molecule has 2 nitrogen and oxygen atoms in total. The second kappa shape index (κ2) is 2.88. The molecule has 0 radical (unpaired) electrons. The standard InChI is InChI=1S/C14H16O2/c15-13-10-6-11(14(13)16)12-8-4-2-1-3-7(8)5-9(10)12/h1-4,9-16H,5-6H2/t9-,10-,11+,12-,13-,14+/m1/s1. The van der Waals surface area contributed by atoms with E-state index < -0.39 is 12.2 Å². The van der Waals surface area contributed by atoms with E-state index in [2.05, 4.69) is 24.3 Å². The van der Waals surface area contributed by atoms with Gasteiger partial charge in [-0.15, -0.1) is 0 Å². The lowest BCUT2D eigenvalue weighted by atomic mass is 9.77. The van der Waals surface area contributed by atoms with Crippen LogP contribution in [0, 0.1) is 17.8 Å². The Balaban J connectivity index is 1.81. The van der Waals surface area contributed by atoms with Crippen LogP contribution in [0.1, 0.15) is 23.5 Å². The van der Waals surface area contributed by atoms with Gasteiger partial charge in [0, 0.05) is 0 Å². The van der Waals surface area contributed by atoms with Crippen molar-refractivity contribution in [2.45, 2.75) is 31.0 Å². The molecule has 0 amide bonds. The van der Waals surface area contributed by atoms with Gasteiger partial charge in [-0.2, -0.15) is 0 Å². The molecule has 0 aromatic heterocycles. The van der Waals surface area contributed by atoms with Crippen LogP contribution in [0.2, 0.25) is 0 Å². The van der Waals surface area contributed by atoms with Gasteiger partial charge in [0.2, 0.25) is 0 Å². The van der Waals surface area contributed by atoms with Gasteiger partial charge in [0.15, 0.2) is 0 Å². The fraction of sp³-hybridized carbons (Fsp3) is 0.571. The van der Waals surface area contributed by atoms with Crippen LogP contribution >= 0.6 is 0 Å². The van der Waals surface area contributed by atoms with Crippen molar-refractivity contribution in [3.05, 3.63) is 35.4 Å². The van der Waals surface area contributed by atoms with Crippen LogP contribution in [0.3, 0.4) is 0 Å². The molecule has 0 aliphatic heterocycles. The van der Waals surface area contributed by atoms with Crippen LogP contribution in [-0.2, 0) is 6.42 Å². The van der Waals surface area contributed by atoms with Crippen molar-refractivity contribution in [1.82, 2.24) is 0 Å². The van der Waals surface area contributed by atoms with E-state index >= 15 is 0 Å². The molecule has 1 aromatic carbocycles. The first-order valence-corrected chi connectivity index (χ1v) is 6.21. The summed E-state index contributed by atoms with van der Waals surface area (Å²) < 4.78 is 0. The molecule has 4 rings (SSSR count). The van der Waals surface area contributed by atoms with Gasteiger partial charge in [-0.1, -0.05) is 24.3 Å². The lowest BCUT2D eigenvalue weighted by Crippen LogP contribution is -2.39. The summed E-state index contributed by atoms with van der Waals surface area (Å²) in [5, 5.41) is 20.0. The highest BCUT2D eigenvalue weighted by atomic mass is 16.3. The summed E-state index contributed by atoms with van der Waals surface area (Å²) in [5.41, 5.74) is 2.87. The predicted octanol–water partition coefficient (Wildman–Crippen LogP) is 1.31. The van der Waals surface area contributed by atoms with Crippen molar-refractivity contribution >= 4 is 0 Å². The quantitative estimate of drug-likeness (QED) is 0.686. The van der Waals surface area contributed by atoms with Crippen LogP contribution in [0.4, 0.5) is 0 Å². The third-order valence-electron chi connectivity index (χ3n) is 5.11. The first-order chi connectivity index (χ1) is 7.77. The molecule has 16 heavy (non-hydrogen) atoms. The summed E-state index contributed by atoms with van der Waals surface area (Å²) in [7, 11) is 0. The smallest absolute Gasteiger partial charge is 0.0836 e. The summed E-state index contributed by atoms with van der Waals surface area (Å²) in [6.07, 6.45) is 1.16. The van der Waals surface area contributed by atoms with Gasteiger partial charge in [0.1, 0.15) is 0 Å². The van der Waals surface area contributed by atoms with E-state index in [9.17, 15) is 10.2 Å². The number of benzene rings is 1. The van der Waals surface area contributed by atoms with Crippen molar-refractivity contribution in [3.8, 4) is 0 Å². The second-order valence-electron chi connectivity index (χ2n) is 5.64. The summed E-state index contributed by atoms with van der Waals surface area (Å²) >= 11 is 0. The third-order valence-corrected chi connectivity index (χ3v) is 5.11. The SMILES string of the molecule is O[C@@H]1[C@H](O)[C@@H]2C[C@H]1[C@@H]1c3ccccc3C[C@H]21. The van der Waals surface area contributed by atoms with Crippen molar-refractivity contribution in [3.63, 3.8) is 0 Å². The van der Waals surface area contributed by atoms with E-state index in [1.165, 1.54) is 11.1 Å². The minimum Gasteiger partial charge on any atom is -0.390 e. The lowest BCUT2D eigenvalue weighted by molar-refractivity contribution is -0.0391. The zero-order valence-electron chi connectivity index (χ0n) is 9.08. The fourth-order valence-electron chi connectivity index (χ4n) is 4.51. The maximum atomic E-state index is 10.0. The number of hydrogen-bond donors (Lipinski definition) is 2. The van der Waals surface area contributed by atoms with E-state index in [0.29, 0.717) is 23.7 Å². The maximum Gasteiger partial charge on any atom is 0.0836 e. The number of rotatable bonds is 0. The average molecular weight is 216 g/mol. The van der Waals surface area contributed by atoms with Gasteiger partial charge in [-0.25, -0.2) is 0 Å².